The zero-order valence-electron chi connectivity index (χ0n) is 8.35. The van der Waals surface area contributed by atoms with E-state index in [9.17, 15) is 15.0 Å². The Morgan fingerprint density at radius 2 is 2.06 bits per heavy atom. The third kappa shape index (κ3) is 3.06. The molecule has 16 heavy (non-hydrogen) atoms. The molecule has 0 aromatic carbocycles. The molecule has 0 bridgehead atoms. The van der Waals surface area contributed by atoms with Crippen molar-refractivity contribution < 1.29 is 30.3 Å². The highest BCUT2D eigenvalue weighted by Gasteiger charge is 2.38. The molecule has 5 atom stereocenters. The summed E-state index contributed by atoms with van der Waals surface area (Å²) >= 11 is 1.15. The largest absolute Gasteiger partial charge is 0.480 e. The van der Waals surface area contributed by atoms with Crippen LogP contribution in [0.5, 0.6) is 0 Å². The fraction of sp³-hybridized carbons (Fsp3) is 0.875. The molecule has 0 amide bonds. The smallest absolute Gasteiger partial charge is 0.321 e. The van der Waals surface area contributed by atoms with Crippen molar-refractivity contribution in [3.8, 4) is 0 Å². The lowest BCUT2D eigenvalue weighted by molar-refractivity contribution is -0.139. The predicted octanol–water partition coefficient (Wildman–Crippen LogP) is -2.82. The van der Waals surface area contributed by atoms with Crippen molar-refractivity contribution >= 4 is 17.7 Å². The zero-order valence-corrected chi connectivity index (χ0v) is 9.17. The molecule has 0 unspecified atom stereocenters. The van der Waals surface area contributed by atoms with Crippen molar-refractivity contribution in [1.29, 1.82) is 0 Å². The maximum atomic E-state index is 10.6. The first-order chi connectivity index (χ1) is 7.47. The molecule has 7 nitrogen and oxygen atoms in total. The predicted molar refractivity (Wildman–Crippen MR) is 55.9 cm³/mol. The highest BCUT2D eigenvalue weighted by Crippen LogP contribution is 2.24. The molecule has 1 aliphatic heterocycles. The monoisotopic (exact) mass is 253 g/mol. The van der Waals surface area contributed by atoms with Gasteiger partial charge in [0.05, 0.1) is 12.0 Å². The topological polar surface area (TPSA) is 130 Å². The fourth-order valence-corrected chi connectivity index (χ4v) is 2.61. The molecule has 1 fully saturated rings. The molecule has 1 rings (SSSR count). The van der Waals surface area contributed by atoms with E-state index >= 15 is 0 Å². The van der Waals surface area contributed by atoms with E-state index in [2.05, 4.69) is 5.32 Å². The average molecular weight is 253 g/mol. The van der Waals surface area contributed by atoms with E-state index in [0.29, 0.717) is 0 Å². The van der Waals surface area contributed by atoms with Gasteiger partial charge in [-0.05, 0) is 0 Å². The van der Waals surface area contributed by atoms with Crippen LogP contribution in [0, 0.1) is 0 Å². The van der Waals surface area contributed by atoms with Gasteiger partial charge in [0.2, 0.25) is 0 Å². The Balaban J connectivity index is 2.50. The summed E-state index contributed by atoms with van der Waals surface area (Å²) in [4.78, 5) is 10.6. The summed E-state index contributed by atoms with van der Waals surface area (Å²) in [6.07, 6.45) is -4.29. The molecule has 0 spiro atoms. The highest BCUT2D eigenvalue weighted by molar-refractivity contribution is 8.00. The van der Waals surface area contributed by atoms with E-state index in [1.54, 1.807) is 0 Å². The Hall–Kier alpha value is -0.380. The molecule has 8 heteroatoms. The van der Waals surface area contributed by atoms with Crippen molar-refractivity contribution in [1.82, 2.24) is 5.32 Å². The number of rotatable bonds is 5. The van der Waals surface area contributed by atoms with Crippen molar-refractivity contribution in [3.05, 3.63) is 0 Å². The molecule has 0 aromatic heterocycles. The minimum absolute atomic E-state index is 0.277. The van der Waals surface area contributed by atoms with Crippen LogP contribution in [0.2, 0.25) is 0 Å². The quantitative estimate of drug-likeness (QED) is 0.309. The molecule has 0 saturated carbocycles. The first-order valence-electron chi connectivity index (χ1n) is 4.73. The second kappa shape index (κ2) is 5.80. The maximum Gasteiger partial charge on any atom is 0.321 e. The van der Waals surface area contributed by atoms with Gasteiger partial charge in [-0.15, -0.1) is 11.8 Å². The molecular weight excluding hydrogens is 238 g/mol. The maximum absolute atomic E-state index is 10.6. The lowest BCUT2D eigenvalue weighted by Gasteiger charge is -2.25. The number of nitrogens with one attached hydrogen (secondary N) is 1. The Morgan fingerprint density at radius 3 is 2.50 bits per heavy atom. The van der Waals surface area contributed by atoms with Gasteiger partial charge in [0.25, 0.3) is 0 Å². The summed E-state index contributed by atoms with van der Waals surface area (Å²) in [5, 5.41) is 47.4. The number of hydrogen-bond donors (Lipinski definition) is 6. The molecule has 0 aliphatic carbocycles. The van der Waals surface area contributed by atoms with Gasteiger partial charge in [0, 0.05) is 5.75 Å². The lowest BCUT2D eigenvalue weighted by atomic mass is 10.1. The summed E-state index contributed by atoms with van der Waals surface area (Å²) in [7, 11) is 0. The van der Waals surface area contributed by atoms with Gasteiger partial charge < -0.3 is 25.5 Å². The molecule has 0 aromatic rings. The summed E-state index contributed by atoms with van der Waals surface area (Å²) < 4.78 is 0. The number of carboxylic acid groups (broad SMARTS) is 1. The molecule has 0 radical (unpaired) electrons. The van der Waals surface area contributed by atoms with Crippen LogP contribution < -0.4 is 5.32 Å². The van der Waals surface area contributed by atoms with Gasteiger partial charge in [-0.25, -0.2) is 0 Å². The second-order valence-corrected chi connectivity index (χ2v) is 4.72. The van der Waals surface area contributed by atoms with Gasteiger partial charge in [0.15, 0.2) is 0 Å². The number of aliphatic hydroxyl groups excluding tert-OH is 4. The molecule has 1 saturated heterocycles. The van der Waals surface area contributed by atoms with Crippen LogP contribution in [0.15, 0.2) is 0 Å². The van der Waals surface area contributed by atoms with Crippen LogP contribution in [-0.2, 0) is 4.79 Å². The first kappa shape index (κ1) is 13.7. The summed E-state index contributed by atoms with van der Waals surface area (Å²) in [6, 6.07) is -0.775. The van der Waals surface area contributed by atoms with E-state index in [4.69, 9.17) is 15.3 Å². The number of aliphatic carboxylic acids is 1. The van der Waals surface area contributed by atoms with Crippen LogP contribution in [0.25, 0.3) is 0 Å². The number of aliphatic hydroxyl groups is 4. The second-order valence-electron chi connectivity index (χ2n) is 3.54. The normalized spacial score (nSPS) is 31.0. The van der Waals surface area contributed by atoms with Crippen molar-refractivity contribution in [2.45, 2.75) is 29.7 Å². The first-order valence-corrected chi connectivity index (χ1v) is 5.77. The van der Waals surface area contributed by atoms with E-state index in [1.807, 2.05) is 0 Å². The Kier molecular flexibility index (Phi) is 4.96. The molecule has 1 aliphatic rings. The van der Waals surface area contributed by atoms with Crippen LogP contribution in [-0.4, -0.2) is 73.6 Å². The average Bonchev–Trinajstić information content (AvgIpc) is 2.75. The molecule has 6 N–H and O–H groups in total. The van der Waals surface area contributed by atoms with Crippen LogP contribution >= 0.6 is 11.8 Å². The summed E-state index contributed by atoms with van der Waals surface area (Å²) in [5.41, 5.74) is 0. The number of carboxylic acids is 1. The van der Waals surface area contributed by atoms with E-state index in [-0.39, 0.29) is 5.75 Å². The lowest BCUT2D eigenvalue weighted by Crippen LogP contribution is -2.50. The number of hydrogen-bond acceptors (Lipinski definition) is 7. The van der Waals surface area contributed by atoms with Gasteiger partial charge in [-0.2, -0.15) is 0 Å². The summed E-state index contributed by atoms with van der Waals surface area (Å²) in [5.74, 6) is -0.752. The zero-order chi connectivity index (χ0) is 12.3. The van der Waals surface area contributed by atoms with E-state index < -0.39 is 42.3 Å². The Labute approximate surface area is 96.1 Å². The Morgan fingerprint density at radius 1 is 1.44 bits per heavy atom. The van der Waals surface area contributed by atoms with Crippen molar-refractivity contribution in [2.75, 3.05) is 12.4 Å². The molecule has 94 valence electrons. The molecule has 1 heterocycles. The van der Waals surface area contributed by atoms with Crippen molar-refractivity contribution in [3.63, 3.8) is 0 Å². The third-order valence-corrected chi connectivity index (χ3v) is 3.65. The van der Waals surface area contributed by atoms with Crippen LogP contribution in [0.1, 0.15) is 0 Å². The Bertz CT molecular complexity index is 253. The summed E-state index contributed by atoms with van der Waals surface area (Å²) in [6.45, 7) is -0.669. The minimum atomic E-state index is -1.51. The van der Waals surface area contributed by atoms with Gasteiger partial charge in [0.1, 0.15) is 24.4 Å². The van der Waals surface area contributed by atoms with Crippen LogP contribution in [0.4, 0.5) is 0 Å². The van der Waals surface area contributed by atoms with Crippen LogP contribution in [0.3, 0.4) is 0 Å². The van der Waals surface area contributed by atoms with Crippen molar-refractivity contribution in [2.24, 2.45) is 0 Å². The minimum Gasteiger partial charge on any atom is -0.480 e. The third-order valence-electron chi connectivity index (χ3n) is 2.35. The van der Waals surface area contributed by atoms with E-state index in [0.717, 1.165) is 11.8 Å². The highest BCUT2D eigenvalue weighted by atomic mass is 32.2. The number of carbonyl (C=O) groups is 1. The van der Waals surface area contributed by atoms with Gasteiger partial charge >= 0.3 is 5.97 Å². The van der Waals surface area contributed by atoms with E-state index in [1.165, 1.54) is 0 Å². The number of thioether (sulfide) groups is 1. The fourth-order valence-electron chi connectivity index (χ4n) is 1.35. The molecular formula is C8H15NO6S. The standard InChI is InChI=1S/C8H15NO6S/c10-1-4(11)5(12)6(13)7-9-3(2-16-7)8(14)15/h3-7,9-13H,1-2H2,(H,14,15)/t3-,4-,5-,6-,7-/m1/s1. The van der Waals surface area contributed by atoms with Gasteiger partial charge in [-0.1, -0.05) is 0 Å². The SMILES string of the molecule is O=C(O)[C@H]1CS[C@H]([C@H](O)[C@H](O)[C@H](O)CO)N1. The van der Waals surface area contributed by atoms with Gasteiger partial charge in [-0.3, -0.25) is 10.1 Å².